The van der Waals surface area contributed by atoms with Gasteiger partial charge in [0.15, 0.2) is 0 Å². The van der Waals surface area contributed by atoms with Gasteiger partial charge in [-0.25, -0.2) is 0 Å². The summed E-state index contributed by atoms with van der Waals surface area (Å²) in [5.41, 5.74) is 9.40. The highest BCUT2D eigenvalue weighted by molar-refractivity contribution is 9.10. The average Bonchev–Trinajstić information content (AvgIpc) is 2.74. The van der Waals surface area contributed by atoms with E-state index >= 15 is 0 Å². The summed E-state index contributed by atoms with van der Waals surface area (Å²) in [5.74, 6) is 0. The minimum atomic E-state index is -0.0974. The Morgan fingerprint density at radius 1 is 1.42 bits per heavy atom. The molecule has 2 rings (SSSR count). The lowest BCUT2D eigenvalue weighted by Gasteiger charge is -2.14. The van der Waals surface area contributed by atoms with Crippen molar-refractivity contribution >= 4 is 27.5 Å². The molecule has 2 N–H and O–H groups in total. The minimum absolute atomic E-state index is 0.0974. The van der Waals surface area contributed by atoms with Crippen molar-refractivity contribution in [3.63, 3.8) is 0 Å². The highest BCUT2D eigenvalue weighted by Gasteiger charge is 2.15. The fourth-order valence-electron chi connectivity index (χ4n) is 2.15. The van der Waals surface area contributed by atoms with Crippen LogP contribution in [0.4, 0.5) is 0 Å². The van der Waals surface area contributed by atoms with Crippen molar-refractivity contribution in [1.82, 2.24) is 9.78 Å². The van der Waals surface area contributed by atoms with Crippen LogP contribution in [0, 0.1) is 6.92 Å². The van der Waals surface area contributed by atoms with Crippen molar-refractivity contribution in [2.45, 2.75) is 32.9 Å². The summed E-state index contributed by atoms with van der Waals surface area (Å²) in [4.78, 5) is 0. The Hall–Kier alpha value is -0.840. The average molecular weight is 343 g/mol. The zero-order valence-corrected chi connectivity index (χ0v) is 13.4. The van der Waals surface area contributed by atoms with Crippen molar-refractivity contribution in [3.8, 4) is 0 Å². The van der Waals surface area contributed by atoms with E-state index in [-0.39, 0.29) is 6.04 Å². The van der Waals surface area contributed by atoms with Crippen molar-refractivity contribution < 1.29 is 0 Å². The molecule has 102 valence electrons. The topological polar surface area (TPSA) is 43.8 Å². The first-order valence-electron chi connectivity index (χ1n) is 6.25. The number of hydrogen-bond acceptors (Lipinski definition) is 2. The molecule has 1 heterocycles. The van der Waals surface area contributed by atoms with Gasteiger partial charge in [0, 0.05) is 16.0 Å². The second kappa shape index (κ2) is 6.07. The van der Waals surface area contributed by atoms with E-state index in [9.17, 15) is 0 Å². The van der Waals surface area contributed by atoms with Gasteiger partial charge in [-0.15, -0.1) is 0 Å². The molecule has 0 bridgehead atoms. The summed E-state index contributed by atoms with van der Waals surface area (Å²) in [6.45, 7) is 4.87. The van der Waals surface area contributed by atoms with Crippen LogP contribution in [0.3, 0.4) is 0 Å². The molecule has 19 heavy (non-hydrogen) atoms. The third-order valence-corrected chi connectivity index (χ3v) is 3.91. The maximum absolute atomic E-state index is 6.29. The van der Waals surface area contributed by atoms with E-state index in [1.165, 1.54) is 0 Å². The van der Waals surface area contributed by atoms with Crippen LogP contribution >= 0.6 is 27.5 Å². The molecular formula is C14H17BrClN3. The van der Waals surface area contributed by atoms with E-state index in [4.69, 9.17) is 17.3 Å². The van der Waals surface area contributed by atoms with Gasteiger partial charge in [0.05, 0.1) is 17.4 Å². The SMILES string of the molecule is CCn1nc(C)cc1C(N)Cc1ccc(Br)cc1Cl. The molecule has 1 aromatic carbocycles. The van der Waals surface area contributed by atoms with E-state index in [0.29, 0.717) is 6.42 Å². The Morgan fingerprint density at radius 3 is 2.79 bits per heavy atom. The summed E-state index contributed by atoms with van der Waals surface area (Å²) in [6.07, 6.45) is 0.706. The van der Waals surface area contributed by atoms with Crippen molar-refractivity contribution in [2.75, 3.05) is 0 Å². The van der Waals surface area contributed by atoms with Crippen LogP contribution in [-0.4, -0.2) is 9.78 Å². The lowest BCUT2D eigenvalue weighted by Crippen LogP contribution is -2.18. The Bertz CT molecular complexity index is 580. The number of rotatable bonds is 4. The molecule has 0 aliphatic carbocycles. The quantitative estimate of drug-likeness (QED) is 0.916. The fourth-order valence-corrected chi connectivity index (χ4v) is 2.90. The number of nitrogens with zero attached hydrogens (tertiary/aromatic N) is 2. The first-order valence-corrected chi connectivity index (χ1v) is 7.42. The Balaban J connectivity index is 2.22. The van der Waals surface area contributed by atoms with Gasteiger partial charge in [-0.3, -0.25) is 4.68 Å². The number of halogens is 2. The number of nitrogens with two attached hydrogens (primary N) is 1. The summed E-state index contributed by atoms with van der Waals surface area (Å²) in [5, 5.41) is 5.16. The molecule has 0 saturated carbocycles. The van der Waals surface area contributed by atoms with Crippen LogP contribution in [0.15, 0.2) is 28.7 Å². The molecule has 0 aliphatic heterocycles. The predicted octanol–water partition coefficient (Wildman–Crippen LogP) is 3.87. The van der Waals surface area contributed by atoms with E-state index in [1.807, 2.05) is 35.9 Å². The summed E-state index contributed by atoms with van der Waals surface area (Å²) in [7, 11) is 0. The molecule has 0 spiro atoms. The predicted molar refractivity (Wildman–Crippen MR) is 82.4 cm³/mol. The molecule has 0 aliphatic rings. The molecule has 1 aromatic heterocycles. The molecule has 3 nitrogen and oxygen atoms in total. The zero-order chi connectivity index (χ0) is 14.0. The van der Waals surface area contributed by atoms with Crippen LogP contribution in [0.5, 0.6) is 0 Å². The second-order valence-electron chi connectivity index (χ2n) is 4.57. The fraction of sp³-hybridized carbons (Fsp3) is 0.357. The number of hydrogen-bond donors (Lipinski definition) is 1. The monoisotopic (exact) mass is 341 g/mol. The second-order valence-corrected chi connectivity index (χ2v) is 5.90. The minimum Gasteiger partial charge on any atom is -0.322 e. The van der Waals surface area contributed by atoms with Crippen LogP contribution in [-0.2, 0) is 13.0 Å². The van der Waals surface area contributed by atoms with Crippen molar-refractivity contribution in [2.24, 2.45) is 5.73 Å². The molecule has 1 atom stereocenters. The number of benzene rings is 1. The van der Waals surface area contributed by atoms with Gasteiger partial charge in [-0.1, -0.05) is 33.6 Å². The maximum Gasteiger partial charge on any atom is 0.0597 e. The molecule has 0 amide bonds. The third-order valence-electron chi connectivity index (χ3n) is 3.07. The van der Waals surface area contributed by atoms with Gasteiger partial charge in [-0.05, 0) is 44.0 Å². The van der Waals surface area contributed by atoms with E-state index < -0.39 is 0 Å². The normalized spacial score (nSPS) is 12.7. The van der Waals surface area contributed by atoms with Gasteiger partial charge in [0.25, 0.3) is 0 Å². The molecule has 2 aromatic rings. The van der Waals surface area contributed by atoms with Crippen LogP contribution in [0.2, 0.25) is 5.02 Å². The lowest BCUT2D eigenvalue weighted by atomic mass is 10.0. The van der Waals surface area contributed by atoms with E-state index in [0.717, 1.165) is 33.0 Å². The first-order chi connectivity index (χ1) is 9.01. The zero-order valence-electron chi connectivity index (χ0n) is 11.0. The molecule has 1 unspecified atom stereocenters. The van der Waals surface area contributed by atoms with Crippen molar-refractivity contribution in [1.29, 1.82) is 0 Å². The van der Waals surface area contributed by atoms with Crippen LogP contribution in [0.25, 0.3) is 0 Å². The summed E-state index contributed by atoms with van der Waals surface area (Å²) < 4.78 is 2.93. The first kappa shape index (κ1) is 14.6. The van der Waals surface area contributed by atoms with Gasteiger partial charge >= 0.3 is 0 Å². The van der Waals surface area contributed by atoms with Gasteiger partial charge in [0.2, 0.25) is 0 Å². The number of aromatic nitrogens is 2. The Morgan fingerprint density at radius 2 is 2.16 bits per heavy atom. The van der Waals surface area contributed by atoms with Gasteiger partial charge < -0.3 is 5.73 Å². The Kier molecular flexibility index (Phi) is 4.66. The summed E-state index contributed by atoms with van der Waals surface area (Å²) >= 11 is 9.64. The highest BCUT2D eigenvalue weighted by atomic mass is 79.9. The van der Waals surface area contributed by atoms with Crippen LogP contribution in [0.1, 0.15) is 29.9 Å². The van der Waals surface area contributed by atoms with Crippen LogP contribution < -0.4 is 5.73 Å². The lowest BCUT2D eigenvalue weighted by molar-refractivity contribution is 0.566. The molecule has 5 heteroatoms. The van der Waals surface area contributed by atoms with Gasteiger partial charge in [-0.2, -0.15) is 5.10 Å². The molecule has 0 saturated heterocycles. The largest absolute Gasteiger partial charge is 0.322 e. The molecular weight excluding hydrogens is 326 g/mol. The third kappa shape index (κ3) is 3.38. The summed E-state index contributed by atoms with van der Waals surface area (Å²) in [6, 6.07) is 7.83. The standard InChI is InChI=1S/C14H17BrClN3/c1-3-19-14(6-9(2)18-19)13(17)7-10-4-5-11(15)8-12(10)16/h4-6,8,13H,3,7,17H2,1-2H3. The van der Waals surface area contributed by atoms with E-state index in [2.05, 4.69) is 28.0 Å². The number of aryl methyl sites for hydroxylation is 2. The van der Waals surface area contributed by atoms with Crippen molar-refractivity contribution in [3.05, 3.63) is 50.7 Å². The Labute approximate surface area is 126 Å². The van der Waals surface area contributed by atoms with Gasteiger partial charge in [0.1, 0.15) is 0 Å². The van der Waals surface area contributed by atoms with E-state index in [1.54, 1.807) is 0 Å². The smallest absolute Gasteiger partial charge is 0.0597 e. The molecule has 0 radical (unpaired) electrons. The highest BCUT2D eigenvalue weighted by Crippen LogP contribution is 2.25. The molecule has 0 fully saturated rings. The maximum atomic E-state index is 6.29.